The summed E-state index contributed by atoms with van der Waals surface area (Å²) in [7, 11) is -3.67. The van der Waals surface area contributed by atoms with Gasteiger partial charge in [0.15, 0.2) is 5.76 Å². The van der Waals surface area contributed by atoms with Crippen LogP contribution in [0.4, 0.5) is 5.95 Å². The number of nitrogens with one attached hydrogen (secondary N) is 2. The number of ether oxygens (including phenoxy) is 2. The molecule has 9 nitrogen and oxygen atoms in total. The molecule has 5 rings (SSSR count). The third-order valence-electron chi connectivity index (χ3n) is 5.43. The van der Waals surface area contributed by atoms with Crippen LogP contribution < -0.4 is 10.0 Å². The van der Waals surface area contributed by atoms with Crippen LogP contribution in [0.25, 0.3) is 11.5 Å². The Morgan fingerprint density at radius 3 is 2.48 bits per heavy atom. The first-order valence-corrected chi connectivity index (χ1v) is 11.4. The van der Waals surface area contributed by atoms with Gasteiger partial charge in [-0.1, -0.05) is 17.7 Å². The Morgan fingerprint density at radius 1 is 1.00 bits per heavy atom. The van der Waals surface area contributed by atoms with Gasteiger partial charge in [-0.05, 0) is 37.3 Å². The number of hydrogen-bond acceptors (Lipinski definition) is 8. The summed E-state index contributed by atoms with van der Waals surface area (Å²) in [5, 5.41) is 3.24. The molecule has 0 unspecified atom stereocenters. The Bertz CT molecular complexity index is 1150. The van der Waals surface area contributed by atoms with E-state index in [9.17, 15) is 8.42 Å². The highest BCUT2D eigenvalue weighted by Gasteiger charge is 2.49. The molecule has 4 heterocycles. The number of hydrogen-bond donors (Lipinski definition) is 2. The smallest absolute Gasteiger partial charge is 0.240 e. The SMILES string of the molecule is Cc1ccc(S(=O)(=O)N[C@H]2CO[C@H]3[C@@H]2OC[C@@H]3Nc2nccc(-c3ccco3)n2)cc1. The van der Waals surface area contributed by atoms with Crippen LogP contribution in [0.2, 0.25) is 0 Å². The van der Waals surface area contributed by atoms with E-state index in [0.29, 0.717) is 24.0 Å². The molecule has 3 aromatic rings. The van der Waals surface area contributed by atoms with E-state index in [2.05, 4.69) is 20.0 Å². The molecule has 0 radical (unpaired) electrons. The Balaban J connectivity index is 1.26. The fourth-order valence-electron chi connectivity index (χ4n) is 3.86. The number of aromatic nitrogens is 2. The number of aryl methyl sites for hydroxylation is 1. The van der Waals surface area contributed by atoms with E-state index in [1.54, 1.807) is 48.9 Å². The molecule has 0 spiro atoms. The van der Waals surface area contributed by atoms with Gasteiger partial charge in [0.25, 0.3) is 0 Å². The molecule has 2 aliphatic rings. The summed E-state index contributed by atoms with van der Waals surface area (Å²) in [6, 6.07) is 11.4. The maximum atomic E-state index is 12.7. The third kappa shape index (κ3) is 4.07. The van der Waals surface area contributed by atoms with Crippen molar-refractivity contribution in [3.05, 3.63) is 60.5 Å². The normalized spacial score (nSPS) is 25.5. The summed E-state index contributed by atoms with van der Waals surface area (Å²) in [4.78, 5) is 8.96. The van der Waals surface area contributed by atoms with Crippen LogP contribution in [0, 0.1) is 6.92 Å². The monoisotopic (exact) mass is 442 g/mol. The van der Waals surface area contributed by atoms with Crippen LogP contribution in [-0.4, -0.2) is 55.9 Å². The number of fused-ring (bicyclic) bond motifs is 1. The van der Waals surface area contributed by atoms with Gasteiger partial charge in [0.2, 0.25) is 16.0 Å². The molecule has 162 valence electrons. The molecular weight excluding hydrogens is 420 g/mol. The van der Waals surface area contributed by atoms with E-state index in [0.717, 1.165) is 5.56 Å². The zero-order chi connectivity index (χ0) is 21.4. The maximum Gasteiger partial charge on any atom is 0.240 e. The maximum absolute atomic E-state index is 12.7. The van der Waals surface area contributed by atoms with Crippen molar-refractivity contribution >= 4 is 16.0 Å². The van der Waals surface area contributed by atoms with E-state index >= 15 is 0 Å². The molecule has 2 aliphatic heterocycles. The van der Waals surface area contributed by atoms with Gasteiger partial charge in [0, 0.05) is 6.20 Å². The van der Waals surface area contributed by atoms with Crippen molar-refractivity contribution < 1.29 is 22.3 Å². The van der Waals surface area contributed by atoms with Crippen molar-refractivity contribution in [2.75, 3.05) is 18.5 Å². The second-order valence-corrected chi connectivity index (χ2v) is 9.34. The summed E-state index contributed by atoms with van der Waals surface area (Å²) in [6.45, 7) is 2.49. The molecule has 1 aromatic carbocycles. The predicted molar refractivity (Wildman–Crippen MR) is 112 cm³/mol. The lowest BCUT2D eigenvalue weighted by atomic mass is 10.1. The van der Waals surface area contributed by atoms with Gasteiger partial charge in [-0.15, -0.1) is 0 Å². The zero-order valence-corrected chi connectivity index (χ0v) is 17.6. The fourth-order valence-corrected chi connectivity index (χ4v) is 5.10. The average molecular weight is 442 g/mol. The summed E-state index contributed by atoms with van der Waals surface area (Å²) >= 11 is 0. The number of sulfonamides is 1. The van der Waals surface area contributed by atoms with Crippen LogP contribution in [0.3, 0.4) is 0 Å². The molecule has 4 atom stereocenters. The molecular formula is C21H22N4O5S. The van der Waals surface area contributed by atoms with Crippen LogP contribution in [0.5, 0.6) is 0 Å². The van der Waals surface area contributed by atoms with Crippen molar-refractivity contribution in [3.63, 3.8) is 0 Å². The van der Waals surface area contributed by atoms with E-state index in [1.165, 1.54) is 0 Å². The molecule has 10 heteroatoms. The minimum Gasteiger partial charge on any atom is -0.463 e. The van der Waals surface area contributed by atoms with E-state index in [4.69, 9.17) is 13.9 Å². The van der Waals surface area contributed by atoms with Crippen LogP contribution in [0.15, 0.2) is 64.2 Å². The van der Waals surface area contributed by atoms with Crippen molar-refractivity contribution in [1.29, 1.82) is 0 Å². The first-order chi connectivity index (χ1) is 15.0. The van der Waals surface area contributed by atoms with Crippen molar-refractivity contribution in [2.45, 2.75) is 36.1 Å². The number of benzene rings is 1. The second-order valence-electron chi connectivity index (χ2n) is 7.63. The van der Waals surface area contributed by atoms with Gasteiger partial charge in [-0.25, -0.2) is 23.1 Å². The number of anilines is 1. The highest BCUT2D eigenvalue weighted by atomic mass is 32.2. The molecule has 31 heavy (non-hydrogen) atoms. The molecule has 0 saturated carbocycles. The second kappa shape index (κ2) is 8.04. The van der Waals surface area contributed by atoms with Crippen LogP contribution >= 0.6 is 0 Å². The van der Waals surface area contributed by atoms with Crippen LogP contribution in [-0.2, 0) is 19.5 Å². The minimum atomic E-state index is -3.67. The third-order valence-corrected chi connectivity index (χ3v) is 6.94. The van der Waals surface area contributed by atoms with Gasteiger partial charge < -0.3 is 19.2 Å². The molecule has 0 amide bonds. The molecule has 2 saturated heterocycles. The van der Waals surface area contributed by atoms with Crippen molar-refractivity contribution in [2.24, 2.45) is 0 Å². The topological polar surface area (TPSA) is 116 Å². The first-order valence-electron chi connectivity index (χ1n) is 9.95. The van der Waals surface area contributed by atoms with Crippen molar-refractivity contribution in [3.8, 4) is 11.5 Å². The largest absolute Gasteiger partial charge is 0.463 e. The predicted octanol–water partition coefficient (Wildman–Crippen LogP) is 1.97. The number of rotatable bonds is 6. The lowest BCUT2D eigenvalue weighted by Gasteiger charge is -2.18. The van der Waals surface area contributed by atoms with Crippen LogP contribution in [0.1, 0.15) is 5.56 Å². The highest BCUT2D eigenvalue weighted by molar-refractivity contribution is 7.89. The lowest BCUT2D eigenvalue weighted by molar-refractivity contribution is 0.0690. The van der Waals surface area contributed by atoms with Gasteiger partial charge >= 0.3 is 0 Å². The quantitative estimate of drug-likeness (QED) is 0.595. The minimum absolute atomic E-state index is 0.203. The zero-order valence-electron chi connectivity index (χ0n) is 16.8. The van der Waals surface area contributed by atoms with Gasteiger partial charge in [-0.3, -0.25) is 0 Å². The number of nitrogens with zero attached hydrogens (tertiary/aromatic N) is 2. The molecule has 2 N–H and O–H groups in total. The Labute approximate surface area is 179 Å². The Hall–Kier alpha value is -2.79. The van der Waals surface area contributed by atoms with Gasteiger partial charge in [-0.2, -0.15) is 0 Å². The summed E-state index contributed by atoms with van der Waals surface area (Å²) < 4.78 is 45.4. The fraction of sp³-hybridized carbons (Fsp3) is 0.333. The highest BCUT2D eigenvalue weighted by Crippen LogP contribution is 2.30. The number of furan rings is 1. The average Bonchev–Trinajstić information content (AvgIpc) is 3.49. The first kappa shape index (κ1) is 20.1. The molecule has 2 fully saturated rings. The molecule has 0 bridgehead atoms. The van der Waals surface area contributed by atoms with E-state index in [-0.39, 0.29) is 23.6 Å². The Kier molecular flexibility index (Phi) is 5.22. The van der Waals surface area contributed by atoms with Gasteiger partial charge in [0.05, 0.1) is 36.5 Å². The molecule has 0 aliphatic carbocycles. The van der Waals surface area contributed by atoms with Crippen molar-refractivity contribution in [1.82, 2.24) is 14.7 Å². The standard InChI is InChI=1S/C21H22N4O5S/c1-13-4-6-14(7-5-13)31(26,27)25-17-12-30-19-16(11-29-20(17)19)24-21-22-9-8-15(23-21)18-3-2-10-28-18/h2-10,16-17,19-20,25H,11-12H2,1H3,(H,22,23,24)/t16-,17-,19+,20+/m0/s1. The summed E-state index contributed by atoms with van der Waals surface area (Å²) in [6.07, 6.45) is 2.52. The van der Waals surface area contributed by atoms with E-state index in [1.807, 2.05) is 13.0 Å². The lowest BCUT2D eigenvalue weighted by Crippen LogP contribution is -2.44. The summed E-state index contributed by atoms with van der Waals surface area (Å²) in [5.74, 6) is 1.07. The Morgan fingerprint density at radius 2 is 1.74 bits per heavy atom. The van der Waals surface area contributed by atoms with E-state index < -0.39 is 22.2 Å². The summed E-state index contributed by atoms with van der Waals surface area (Å²) in [5.41, 5.74) is 1.66. The van der Waals surface area contributed by atoms with Gasteiger partial charge in [0.1, 0.15) is 17.9 Å². The molecule has 2 aromatic heterocycles.